The van der Waals surface area contributed by atoms with Crippen molar-refractivity contribution >= 4 is 27.3 Å². The molecule has 3 heterocycles. The molecule has 1 saturated heterocycles. The van der Waals surface area contributed by atoms with E-state index in [1.54, 1.807) is 17.2 Å². The summed E-state index contributed by atoms with van der Waals surface area (Å²) in [5, 5.41) is 9.31. The number of rotatable bonds is 6. The molecule has 1 amide bonds. The number of carbonyl (C=O) groups excluding carboxylic acids is 1. The zero-order valence-electron chi connectivity index (χ0n) is 14.1. The minimum Gasteiger partial charge on any atom is -0.412 e. The Morgan fingerprint density at radius 2 is 2.12 bits per heavy atom. The number of aromatic nitrogens is 2. The Hall–Kier alpha value is -1.78. The Balaban J connectivity index is 1.78. The molecule has 136 valence electrons. The number of likely N-dealkylation sites (tertiary alicyclic amines) is 1. The minimum atomic E-state index is -3.58. The van der Waals surface area contributed by atoms with Crippen LogP contribution in [-0.2, 0) is 10.0 Å². The van der Waals surface area contributed by atoms with Gasteiger partial charge in [-0.25, -0.2) is 13.1 Å². The molecule has 2 aromatic heterocycles. The normalized spacial score (nSPS) is 16.3. The Morgan fingerprint density at radius 3 is 2.80 bits per heavy atom. The van der Waals surface area contributed by atoms with Crippen molar-refractivity contribution in [2.24, 2.45) is 0 Å². The Morgan fingerprint density at radius 1 is 1.40 bits per heavy atom. The van der Waals surface area contributed by atoms with Gasteiger partial charge in [0.15, 0.2) is 0 Å². The summed E-state index contributed by atoms with van der Waals surface area (Å²) in [6.07, 6.45) is 2.65. The van der Waals surface area contributed by atoms with Crippen LogP contribution in [0, 0.1) is 0 Å². The molecule has 1 aliphatic rings. The summed E-state index contributed by atoms with van der Waals surface area (Å²) in [5.74, 6) is -0.202. The molecule has 1 fully saturated rings. The zero-order valence-corrected chi connectivity index (χ0v) is 15.7. The predicted octanol–water partition coefficient (Wildman–Crippen LogP) is 2.11. The smallest absolute Gasteiger partial charge is 0.311 e. The molecule has 0 radical (unpaired) electrons. The zero-order chi connectivity index (χ0) is 18.0. The lowest BCUT2D eigenvalue weighted by molar-refractivity contribution is 0.0754. The molecule has 1 unspecified atom stereocenters. The van der Waals surface area contributed by atoms with Gasteiger partial charge in [-0.2, -0.15) is 0 Å². The van der Waals surface area contributed by atoms with Crippen LogP contribution in [0.15, 0.2) is 20.1 Å². The number of hydrogen-bond donors (Lipinski definition) is 1. The molecule has 1 aliphatic heterocycles. The first-order chi connectivity index (χ1) is 11.9. The first kappa shape index (κ1) is 18.0. The van der Waals surface area contributed by atoms with Crippen molar-refractivity contribution in [2.75, 3.05) is 13.1 Å². The van der Waals surface area contributed by atoms with E-state index in [1.165, 1.54) is 6.07 Å². The van der Waals surface area contributed by atoms with Crippen LogP contribution >= 0.6 is 11.3 Å². The third-order valence-corrected chi connectivity index (χ3v) is 7.09. The van der Waals surface area contributed by atoms with Crippen molar-refractivity contribution in [3.8, 4) is 11.5 Å². The highest BCUT2D eigenvalue weighted by atomic mass is 32.2. The van der Waals surface area contributed by atoms with Gasteiger partial charge in [0, 0.05) is 24.5 Å². The lowest BCUT2D eigenvalue weighted by atomic mass is 10.3. The molecule has 1 atom stereocenters. The number of nitrogens with one attached hydrogen (secondary N) is 1. The number of carbonyl (C=O) groups is 1. The van der Waals surface area contributed by atoms with E-state index in [0.29, 0.717) is 25.1 Å². The van der Waals surface area contributed by atoms with Gasteiger partial charge in [0.25, 0.3) is 0 Å². The summed E-state index contributed by atoms with van der Waals surface area (Å²) in [6, 6.07) is 1.33. The summed E-state index contributed by atoms with van der Waals surface area (Å²) in [4.78, 5) is 13.9. The molecule has 3 rings (SSSR count). The Kier molecular flexibility index (Phi) is 5.21. The number of sulfonamides is 1. The third kappa shape index (κ3) is 3.91. The van der Waals surface area contributed by atoms with Gasteiger partial charge in [-0.1, -0.05) is 6.92 Å². The van der Waals surface area contributed by atoms with E-state index in [-0.39, 0.29) is 27.9 Å². The van der Waals surface area contributed by atoms with E-state index < -0.39 is 10.0 Å². The Labute approximate surface area is 150 Å². The molecule has 8 nitrogen and oxygen atoms in total. The molecule has 0 aromatic carbocycles. The summed E-state index contributed by atoms with van der Waals surface area (Å²) < 4.78 is 32.8. The summed E-state index contributed by atoms with van der Waals surface area (Å²) in [5.41, 5.74) is 0.488. The monoisotopic (exact) mass is 384 g/mol. The van der Waals surface area contributed by atoms with Crippen LogP contribution in [0.2, 0.25) is 0 Å². The van der Waals surface area contributed by atoms with Crippen LogP contribution in [0.4, 0.5) is 0 Å². The van der Waals surface area contributed by atoms with Crippen LogP contribution in [0.3, 0.4) is 0 Å². The molecular weight excluding hydrogens is 364 g/mol. The highest BCUT2D eigenvalue weighted by Crippen LogP contribution is 2.28. The quantitative estimate of drug-likeness (QED) is 0.818. The van der Waals surface area contributed by atoms with E-state index in [1.807, 2.05) is 6.92 Å². The molecule has 1 N–H and O–H groups in total. The van der Waals surface area contributed by atoms with Gasteiger partial charge in [0.2, 0.25) is 15.9 Å². The van der Waals surface area contributed by atoms with Crippen LogP contribution in [0.25, 0.3) is 11.5 Å². The average molecular weight is 384 g/mol. The molecule has 2 aromatic rings. The first-order valence-electron chi connectivity index (χ1n) is 8.14. The van der Waals surface area contributed by atoms with Gasteiger partial charge >= 0.3 is 11.8 Å². The van der Waals surface area contributed by atoms with Gasteiger partial charge in [0.1, 0.15) is 4.21 Å². The maximum absolute atomic E-state index is 12.3. The highest BCUT2D eigenvalue weighted by molar-refractivity contribution is 7.91. The van der Waals surface area contributed by atoms with Gasteiger partial charge in [-0.15, -0.1) is 21.5 Å². The average Bonchev–Trinajstić information content (AvgIpc) is 3.33. The minimum absolute atomic E-state index is 0.0646. The topological polar surface area (TPSA) is 105 Å². The van der Waals surface area contributed by atoms with Gasteiger partial charge in [-0.05, 0) is 32.3 Å². The van der Waals surface area contributed by atoms with E-state index in [4.69, 9.17) is 4.42 Å². The first-order valence-corrected chi connectivity index (χ1v) is 10.5. The van der Waals surface area contributed by atoms with Gasteiger partial charge in [-0.3, -0.25) is 4.79 Å². The molecule has 0 saturated carbocycles. The molecular formula is C15H20N4O4S2. The third-order valence-electron chi connectivity index (χ3n) is 4.06. The lowest BCUT2D eigenvalue weighted by Crippen LogP contribution is -2.31. The second-order valence-corrected chi connectivity index (χ2v) is 8.85. The van der Waals surface area contributed by atoms with Gasteiger partial charge in [0.05, 0.1) is 5.56 Å². The highest BCUT2D eigenvalue weighted by Gasteiger charge is 2.26. The maximum atomic E-state index is 12.3. The fraction of sp³-hybridized carbons (Fsp3) is 0.533. The SMILES string of the molecule is CCC(C)NS(=O)(=O)c1cc(-c2nnc(C(=O)N3CCCC3)o2)cs1. The van der Waals surface area contributed by atoms with Crippen molar-refractivity contribution in [1.29, 1.82) is 0 Å². The van der Waals surface area contributed by atoms with E-state index in [9.17, 15) is 13.2 Å². The second-order valence-electron chi connectivity index (χ2n) is 6.00. The maximum Gasteiger partial charge on any atom is 0.311 e. The van der Waals surface area contributed by atoms with E-state index in [2.05, 4.69) is 14.9 Å². The Bertz CT molecular complexity index is 853. The van der Waals surface area contributed by atoms with E-state index >= 15 is 0 Å². The van der Waals surface area contributed by atoms with Crippen molar-refractivity contribution < 1.29 is 17.6 Å². The fourth-order valence-electron chi connectivity index (χ4n) is 2.46. The van der Waals surface area contributed by atoms with E-state index in [0.717, 1.165) is 24.2 Å². The largest absolute Gasteiger partial charge is 0.412 e. The summed E-state index contributed by atoms with van der Waals surface area (Å²) >= 11 is 1.07. The van der Waals surface area contributed by atoms with Crippen molar-refractivity contribution in [1.82, 2.24) is 19.8 Å². The number of hydrogen-bond acceptors (Lipinski definition) is 7. The molecule has 25 heavy (non-hydrogen) atoms. The fourth-order valence-corrected chi connectivity index (χ4v) is 4.95. The standard InChI is InChI=1S/C15H20N4O4S2/c1-3-10(2)18-25(21,22)12-8-11(9-24-12)13-16-17-14(23-13)15(20)19-6-4-5-7-19/h8-10,18H,3-7H2,1-2H3. The lowest BCUT2D eigenvalue weighted by Gasteiger charge is -2.11. The molecule has 10 heteroatoms. The van der Waals surface area contributed by atoms with Crippen LogP contribution in [0.1, 0.15) is 43.8 Å². The van der Waals surface area contributed by atoms with Gasteiger partial charge < -0.3 is 9.32 Å². The molecule has 0 aliphatic carbocycles. The second kappa shape index (κ2) is 7.22. The van der Waals surface area contributed by atoms with Crippen molar-refractivity contribution in [2.45, 2.75) is 43.4 Å². The summed E-state index contributed by atoms with van der Waals surface area (Å²) in [6.45, 7) is 5.10. The van der Waals surface area contributed by atoms with Crippen molar-refractivity contribution in [3.05, 3.63) is 17.3 Å². The van der Waals surface area contributed by atoms with Crippen LogP contribution < -0.4 is 4.72 Å². The summed E-state index contributed by atoms with van der Waals surface area (Å²) in [7, 11) is -3.58. The predicted molar refractivity (Wildman–Crippen MR) is 92.8 cm³/mol. The number of thiophene rings is 1. The molecule has 0 spiro atoms. The van der Waals surface area contributed by atoms with Crippen LogP contribution in [0.5, 0.6) is 0 Å². The number of nitrogens with zero attached hydrogens (tertiary/aromatic N) is 3. The molecule has 0 bridgehead atoms. The number of amides is 1. The van der Waals surface area contributed by atoms with Crippen LogP contribution in [-0.4, -0.2) is 48.6 Å². The van der Waals surface area contributed by atoms with Crippen molar-refractivity contribution in [3.63, 3.8) is 0 Å².